The van der Waals surface area contributed by atoms with E-state index in [1.165, 1.54) is 5.56 Å². The highest BCUT2D eigenvalue weighted by atomic mass is 79.9. The van der Waals surface area contributed by atoms with Crippen LogP contribution in [0.25, 0.3) is 0 Å². The van der Waals surface area contributed by atoms with Gasteiger partial charge in [-0.3, -0.25) is 0 Å². The minimum absolute atomic E-state index is 0.672. The molecule has 0 aliphatic heterocycles. The van der Waals surface area contributed by atoms with Gasteiger partial charge >= 0.3 is 0 Å². The molecule has 0 aliphatic rings. The van der Waals surface area contributed by atoms with Gasteiger partial charge < -0.3 is 5.43 Å². The van der Waals surface area contributed by atoms with Crippen LogP contribution in [-0.4, -0.2) is 9.97 Å². The lowest BCUT2D eigenvalue weighted by molar-refractivity contribution is 0.842. The fourth-order valence-electron chi connectivity index (χ4n) is 1.87. The fourth-order valence-corrected chi connectivity index (χ4v) is 2.14. The molecular formula is C14H17BrN4. The summed E-state index contributed by atoms with van der Waals surface area (Å²) in [5.41, 5.74) is 4.81. The first-order valence-corrected chi connectivity index (χ1v) is 7.08. The molecule has 0 saturated carbocycles. The van der Waals surface area contributed by atoms with Gasteiger partial charge in [0.2, 0.25) is 0 Å². The number of hydrogen-bond acceptors (Lipinski definition) is 4. The number of halogens is 1. The van der Waals surface area contributed by atoms with Crippen LogP contribution < -0.4 is 11.3 Å². The van der Waals surface area contributed by atoms with Crippen LogP contribution >= 0.6 is 15.9 Å². The molecule has 0 fully saturated rings. The van der Waals surface area contributed by atoms with Crippen molar-refractivity contribution < 1.29 is 0 Å². The summed E-state index contributed by atoms with van der Waals surface area (Å²) in [7, 11) is 0. The van der Waals surface area contributed by atoms with Crippen molar-refractivity contribution in [2.75, 3.05) is 5.43 Å². The normalized spacial score (nSPS) is 10.5. The number of rotatable bonds is 5. The zero-order valence-electron chi connectivity index (χ0n) is 10.9. The molecule has 100 valence electrons. The van der Waals surface area contributed by atoms with E-state index in [-0.39, 0.29) is 0 Å². The molecule has 0 atom stereocenters. The maximum absolute atomic E-state index is 5.45. The van der Waals surface area contributed by atoms with E-state index in [1.807, 2.05) is 18.2 Å². The quantitative estimate of drug-likeness (QED) is 0.656. The number of nitrogen functional groups attached to an aromatic ring is 1. The predicted octanol–water partition coefficient (Wildman–Crippen LogP) is 3.07. The number of nitrogens with zero attached hydrogens (tertiary/aromatic N) is 2. The summed E-state index contributed by atoms with van der Waals surface area (Å²) in [4.78, 5) is 8.96. The zero-order chi connectivity index (χ0) is 13.7. The monoisotopic (exact) mass is 320 g/mol. The molecule has 1 aromatic heterocycles. The van der Waals surface area contributed by atoms with Crippen molar-refractivity contribution in [3.05, 3.63) is 51.9 Å². The zero-order valence-corrected chi connectivity index (χ0v) is 12.4. The van der Waals surface area contributed by atoms with Gasteiger partial charge in [-0.05, 0) is 24.1 Å². The number of aromatic nitrogens is 2. The predicted molar refractivity (Wildman–Crippen MR) is 80.8 cm³/mol. The molecule has 2 rings (SSSR count). The molecule has 0 aliphatic carbocycles. The van der Waals surface area contributed by atoms with Gasteiger partial charge in [0.1, 0.15) is 11.6 Å². The van der Waals surface area contributed by atoms with Gasteiger partial charge in [0, 0.05) is 22.7 Å². The Hall–Kier alpha value is -1.46. The number of hydrogen-bond donors (Lipinski definition) is 2. The van der Waals surface area contributed by atoms with Crippen LogP contribution in [0.1, 0.15) is 30.4 Å². The lowest BCUT2D eigenvalue weighted by atomic mass is 10.1. The first-order valence-electron chi connectivity index (χ1n) is 6.29. The number of hydrazine groups is 1. The topological polar surface area (TPSA) is 63.8 Å². The molecular weight excluding hydrogens is 304 g/mol. The van der Waals surface area contributed by atoms with Crippen LogP contribution in [0.3, 0.4) is 0 Å². The molecule has 1 heterocycles. The third-order valence-corrected chi connectivity index (χ3v) is 3.28. The Morgan fingerprint density at radius 1 is 1.21 bits per heavy atom. The Bertz CT molecular complexity index is 540. The maximum atomic E-state index is 5.45. The van der Waals surface area contributed by atoms with Crippen LogP contribution in [0.15, 0.2) is 34.8 Å². The number of aryl methyl sites for hydroxylation is 1. The summed E-state index contributed by atoms with van der Waals surface area (Å²) >= 11 is 3.43. The Balaban J connectivity index is 2.23. The second kappa shape index (κ2) is 6.63. The molecule has 5 heteroatoms. The van der Waals surface area contributed by atoms with E-state index in [9.17, 15) is 0 Å². The smallest absolute Gasteiger partial charge is 0.143 e. The summed E-state index contributed by atoms with van der Waals surface area (Å²) in [6.07, 6.45) is 2.70. The minimum Gasteiger partial charge on any atom is -0.308 e. The average molecular weight is 321 g/mol. The van der Waals surface area contributed by atoms with Crippen molar-refractivity contribution in [1.29, 1.82) is 0 Å². The standard InChI is InChI=1S/C14H17BrN4/c1-2-3-12-9-14(19-16)18-13(17-12)8-10-4-6-11(15)7-5-10/h4-7,9H,2-3,8,16H2,1H3,(H,17,18,19). The van der Waals surface area contributed by atoms with Crippen molar-refractivity contribution in [3.8, 4) is 0 Å². The summed E-state index contributed by atoms with van der Waals surface area (Å²) in [6, 6.07) is 10.1. The fraction of sp³-hybridized carbons (Fsp3) is 0.286. The van der Waals surface area contributed by atoms with Gasteiger partial charge in [-0.15, -0.1) is 0 Å². The van der Waals surface area contributed by atoms with E-state index in [2.05, 4.69) is 50.4 Å². The Morgan fingerprint density at radius 3 is 2.58 bits per heavy atom. The molecule has 1 aromatic carbocycles. The summed E-state index contributed by atoms with van der Waals surface area (Å²) in [5, 5.41) is 0. The molecule has 0 saturated heterocycles. The maximum Gasteiger partial charge on any atom is 0.143 e. The summed E-state index contributed by atoms with van der Waals surface area (Å²) in [6.45, 7) is 2.13. The summed E-state index contributed by atoms with van der Waals surface area (Å²) < 4.78 is 1.07. The third kappa shape index (κ3) is 4.01. The van der Waals surface area contributed by atoms with Crippen molar-refractivity contribution in [2.24, 2.45) is 5.84 Å². The van der Waals surface area contributed by atoms with Crippen LogP contribution in [0.5, 0.6) is 0 Å². The van der Waals surface area contributed by atoms with Crippen molar-refractivity contribution in [3.63, 3.8) is 0 Å². The van der Waals surface area contributed by atoms with Gasteiger partial charge in [-0.25, -0.2) is 15.8 Å². The van der Waals surface area contributed by atoms with Gasteiger partial charge in [0.15, 0.2) is 0 Å². The highest BCUT2D eigenvalue weighted by molar-refractivity contribution is 9.10. The molecule has 0 amide bonds. The second-order valence-corrected chi connectivity index (χ2v) is 5.27. The molecule has 0 radical (unpaired) electrons. The number of anilines is 1. The van der Waals surface area contributed by atoms with E-state index < -0.39 is 0 Å². The van der Waals surface area contributed by atoms with E-state index >= 15 is 0 Å². The van der Waals surface area contributed by atoms with E-state index in [0.29, 0.717) is 12.2 Å². The molecule has 3 N–H and O–H groups in total. The Kier molecular flexibility index (Phi) is 4.87. The van der Waals surface area contributed by atoms with Crippen molar-refractivity contribution in [2.45, 2.75) is 26.2 Å². The second-order valence-electron chi connectivity index (χ2n) is 4.36. The lowest BCUT2D eigenvalue weighted by Gasteiger charge is -2.07. The Morgan fingerprint density at radius 2 is 1.95 bits per heavy atom. The van der Waals surface area contributed by atoms with Crippen molar-refractivity contribution >= 4 is 21.7 Å². The van der Waals surface area contributed by atoms with Gasteiger partial charge in [-0.2, -0.15) is 0 Å². The largest absolute Gasteiger partial charge is 0.308 e. The van der Waals surface area contributed by atoms with Crippen LogP contribution in [0.2, 0.25) is 0 Å². The third-order valence-electron chi connectivity index (χ3n) is 2.76. The minimum atomic E-state index is 0.672. The number of nitrogens with one attached hydrogen (secondary N) is 1. The molecule has 0 spiro atoms. The first kappa shape index (κ1) is 14.0. The Labute approximate surface area is 121 Å². The van der Waals surface area contributed by atoms with Crippen LogP contribution in [0.4, 0.5) is 5.82 Å². The molecule has 2 aromatic rings. The molecule has 4 nitrogen and oxygen atoms in total. The van der Waals surface area contributed by atoms with Crippen molar-refractivity contribution in [1.82, 2.24) is 9.97 Å². The van der Waals surface area contributed by atoms with Gasteiger partial charge in [-0.1, -0.05) is 41.4 Å². The lowest BCUT2D eigenvalue weighted by Crippen LogP contribution is -2.12. The summed E-state index contributed by atoms with van der Waals surface area (Å²) in [5.74, 6) is 6.92. The van der Waals surface area contributed by atoms with Gasteiger partial charge in [0.05, 0.1) is 0 Å². The first-order chi connectivity index (χ1) is 9.21. The molecule has 0 unspecified atom stereocenters. The highest BCUT2D eigenvalue weighted by Gasteiger charge is 2.05. The molecule has 0 bridgehead atoms. The van der Waals surface area contributed by atoms with Crippen LogP contribution in [-0.2, 0) is 12.8 Å². The van der Waals surface area contributed by atoms with Gasteiger partial charge in [0.25, 0.3) is 0 Å². The van der Waals surface area contributed by atoms with E-state index in [0.717, 1.165) is 28.8 Å². The number of nitrogens with two attached hydrogens (primary N) is 1. The molecule has 19 heavy (non-hydrogen) atoms. The van der Waals surface area contributed by atoms with E-state index in [4.69, 9.17) is 5.84 Å². The number of benzene rings is 1. The highest BCUT2D eigenvalue weighted by Crippen LogP contribution is 2.14. The average Bonchev–Trinajstić information content (AvgIpc) is 2.41. The van der Waals surface area contributed by atoms with Crippen LogP contribution in [0, 0.1) is 0 Å². The van der Waals surface area contributed by atoms with E-state index in [1.54, 1.807) is 0 Å². The SMILES string of the molecule is CCCc1cc(NN)nc(Cc2ccc(Br)cc2)n1.